The van der Waals surface area contributed by atoms with Gasteiger partial charge in [-0.15, -0.1) is 0 Å². The largest absolute Gasteiger partial charge is 0.507 e. The molecule has 1 amide bonds. The first-order valence-corrected chi connectivity index (χ1v) is 10.5. The highest BCUT2D eigenvalue weighted by Crippen LogP contribution is 2.43. The van der Waals surface area contributed by atoms with Crippen LogP contribution in [0.4, 0.5) is 5.69 Å². The van der Waals surface area contributed by atoms with Crippen LogP contribution in [0, 0.1) is 13.8 Å². The van der Waals surface area contributed by atoms with Crippen LogP contribution in [0.25, 0.3) is 5.76 Å². The first-order valence-electron chi connectivity index (χ1n) is 10.1. The Morgan fingerprint density at radius 1 is 0.969 bits per heavy atom. The number of ketones is 1. The molecular formula is C26H22ClNO4. The standard InChI is InChI=1S/C26H22ClNO4/c1-15-10-11-20(12-16(15)2)28-23(17-6-5-9-21(14-17)32-3)22(25(30)26(28)31)24(29)18-7-4-8-19(27)13-18/h4-14,23,29H,1-3H3/b24-22+. The maximum atomic E-state index is 13.2. The number of aliphatic hydroxyl groups excluding tert-OH is 1. The van der Waals surface area contributed by atoms with Crippen molar-refractivity contribution >= 4 is 34.7 Å². The van der Waals surface area contributed by atoms with Gasteiger partial charge >= 0.3 is 0 Å². The fraction of sp³-hybridized carbons (Fsp3) is 0.154. The molecule has 4 rings (SSSR count). The van der Waals surface area contributed by atoms with Gasteiger partial charge in [0, 0.05) is 16.3 Å². The SMILES string of the molecule is COc1cccc(C2/C(=C(\O)c3cccc(Cl)c3)C(=O)C(=O)N2c2ccc(C)c(C)c2)c1. The Hall–Kier alpha value is -3.57. The second kappa shape index (κ2) is 8.52. The monoisotopic (exact) mass is 447 g/mol. The third-order valence-electron chi connectivity index (χ3n) is 5.72. The van der Waals surface area contributed by atoms with E-state index in [1.807, 2.05) is 26.0 Å². The molecule has 1 unspecified atom stereocenters. The molecular weight excluding hydrogens is 426 g/mol. The molecule has 1 N–H and O–H groups in total. The lowest BCUT2D eigenvalue weighted by Crippen LogP contribution is -2.29. The van der Waals surface area contributed by atoms with Gasteiger partial charge in [-0.1, -0.05) is 41.9 Å². The van der Waals surface area contributed by atoms with Gasteiger partial charge in [0.15, 0.2) is 0 Å². The summed E-state index contributed by atoms with van der Waals surface area (Å²) in [5.41, 5.74) is 3.65. The Morgan fingerprint density at radius 3 is 2.41 bits per heavy atom. The van der Waals surface area contributed by atoms with Crippen molar-refractivity contribution < 1.29 is 19.4 Å². The Morgan fingerprint density at radius 2 is 1.72 bits per heavy atom. The molecule has 0 saturated carbocycles. The van der Waals surface area contributed by atoms with Crippen LogP contribution >= 0.6 is 11.6 Å². The van der Waals surface area contributed by atoms with E-state index in [1.54, 1.807) is 61.7 Å². The average Bonchev–Trinajstić information content (AvgIpc) is 3.06. The Labute approximate surface area is 191 Å². The Bertz CT molecular complexity index is 1260. The normalized spacial score (nSPS) is 17.6. The summed E-state index contributed by atoms with van der Waals surface area (Å²) in [5, 5.41) is 11.6. The van der Waals surface area contributed by atoms with Crippen molar-refractivity contribution in [2.45, 2.75) is 19.9 Å². The molecule has 1 heterocycles. The predicted molar refractivity (Wildman–Crippen MR) is 125 cm³/mol. The number of aliphatic hydroxyl groups is 1. The van der Waals surface area contributed by atoms with E-state index in [1.165, 1.54) is 4.90 Å². The minimum atomic E-state index is -0.828. The summed E-state index contributed by atoms with van der Waals surface area (Å²) in [5.74, 6) is -1.15. The third kappa shape index (κ3) is 3.76. The number of rotatable bonds is 4. The quantitative estimate of drug-likeness (QED) is 0.321. The van der Waals surface area contributed by atoms with Gasteiger partial charge in [-0.3, -0.25) is 14.5 Å². The zero-order valence-electron chi connectivity index (χ0n) is 17.9. The van der Waals surface area contributed by atoms with Crippen molar-refractivity contribution in [3.63, 3.8) is 0 Å². The smallest absolute Gasteiger partial charge is 0.300 e. The molecule has 3 aromatic rings. The average molecular weight is 448 g/mol. The summed E-state index contributed by atoms with van der Waals surface area (Å²) < 4.78 is 5.36. The van der Waals surface area contributed by atoms with E-state index in [4.69, 9.17) is 16.3 Å². The lowest BCUT2D eigenvalue weighted by Gasteiger charge is -2.26. The van der Waals surface area contributed by atoms with E-state index < -0.39 is 17.7 Å². The zero-order chi connectivity index (χ0) is 23.0. The topological polar surface area (TPSA) is 66.8 Å². The summed E-state index contributed by atoms with van der Waals surface area (Å²) in [7, 11) is 1.55. The lowest BCUT2D eigenvalue weighted by molar-refractivity contribution is -0.132. The fourth-order valence-corrected chi connectivity index (χ4v) is 4.08. The predicted octanol–water partition coefficient (Wildman–Crippen LogP) is 5.59. The van der Waals surface area contributed by atoms with Crippen LogP contribution in [0.3, 0.4) is 0 Å². The third-order valence-corrected chi connectivity index (χ3v) is 5.96. The van der Waals surface area contributed by atoms with Gasteiger partial charge in [0.2, 0.25) is 0 Å². The molecule has 5 nitrogen and oxygen atoms in total. The minimum absolute atomic E-state index is 0.00347. The molecule has 0 aromatic heterocycles. The Kier molecular flexibility index (Phi) is 5.76. The number of ether oxygens (including phenoxy) is 1. The maximum absolute atomic E-state index is 13.2. The van der Waals surface area contributed by atoms with Crippen molar-refractivity contribution in [1.82, 2.24) is 0 Å². The van der Waals surface area contributed by atoms with E-state index in [-0.39, 0.29) is 11.3 Å². The van der Waals surface area contributed by atoms with Crippen molar-refractivity contribution in [3.8, 4) is 5.75 Å². The summed E-state index contributed by atoms with van der Waals surface area (Å²) in [6.07, 6.45) is 0. The van der Waals surface area contributed by atoms with Crippen molar-refractivity contribution in [3.05, 3.63) is 99.6 Å². The summed E-state index contributed by atoms with van der Waals surface area (Å²) in [6, 6.07) is 18.4. The molecule has 0 radical (unpaired) electrons. The molecule has 0 aliphatic carbocycles. The molecule has 0 bridgehead atoms. The Balaban J connectivity index is 1.97. The number of anilines is 1. The molecule has 32 heavy (non-hydrogen) atoms. The molecule has 1 aliphatic rings. The van der Waals surface area contributed by atoms with Gasteiger partial charge in [0.1, 0.15) is 11.5 Å². The van der Waals surface area contributed by atoms with Crippen LogP contribution in [0.15, 0.2) is 72.3 Å². The van der Waals surface area contributed by atoms with Crippen molar-refractivity contribution in [2.24, 2.45) is 0 Å². The van der Waals surface area contributed by atoms with Crippen LogP contribution < -0.4 is 9.64 Å². The second-order valence-electron chi connectivity index (χ2n) is 7.72. The number of hydrogen-bond donors (Lipinski definition) is 1. The summed E-state index contributed by atoms with van der Waals surface area (Å²) in [6.45, 7) is 3.92. The minimum Gasteiger partial charge on any atom is -0.507 e. The number of carbonyl (C=O) groups excluding carboxylic acids is 2. The number of aryl methyl sites for hydroxylation is 2. The van der Waals surface area contributed by atoms with Gasteiger partial charge in [-0.05, 0) is 66.9 Å². The van der Waals surface area contributed by atoms with Gasteiger partial charge < -0.3 is 9.84 Å². The van der Waals surface area contributed by atoms with Gasteiger partial charge in [0.25, 0.3) is 11.7 Å². The van der Waals surface area contributed by atoms with Crippen LogP contribution in [0.2, 0.25) is 5.02 Å². The molecule has 1 saturated heterocycles. The summed E-state index contributed by atoms with van der Waals surface area (Å²) in [4.78, 5) is 27.9. The van der Waals surface area contributed by atoms with Gasteiger partial charge in [0.05, 0.1) is 18.7 Å². The molecule has 1 atom stereocenters. The number of nitrogens with zero attached hydrogens (tertiary/aromatic N) is 1. The molecule has 0 spiro atoms. The fourth-order valence-electron chi connectivity index (χ4n) is 3.89. The number of amides is 1. The molecule has 6 heteroatoms. The highest BCUT2D eigenvalue weighted by molar-refractivity contribution is 6.51. The number of carbonyl (C=O) groups is 2. The highest BCUT2D eigenvalue weighted by Gasteiger charge is 2.47. The van der Waals surface area contributed by atoms with Crippen LogP contribution in [0.1, 0.15) is 28.3 Å². The second-order valence-corrected chi connectivity index (χ2v) is 8.16. The van der Waals surface area contributed by atoms with Crippen LogP contribution in [-0.2, 0) is 9.59 Å². The van der Waals surface area contributed by atoms with Crippen molar-refractivity contribution in [2.75, 3.05) is 12.0 Å². The highest BCUT2D eigenvalue weighted by atomic mass is 35.5. The molecule has 162 valence electrons. The van der Waals surface area contributed by atoms with Gasteiger partial charge in [-0.25, -0.2) is 0 Å². The first kappa shape index (κ1) is 21.7. The lowest BCUT2D eigenvalue weighted by atomic mass is 9.95. The van der Waals surface area contributed by atoms with E-state index in [0.29, 0.717) is 27.6 Å². The zero-order valence-corrected chi connectivity index (χ0v) is 18.7. The number of halogens is 1. The first-order chi connectivity index (χ1) is 15.3. The molecule has 1 aliphatic heterocycles. The number of methoxy groups -OCH3 is 1. The van der Waals surface area contributed by atoms with E-state index in [0.717, 1.165) is 11.1 Å². The van der Waals surface area contributed by atoms with E-state index in [2.05, 4.69) is 0 Å². The summed E-state index contributed by atoms with van der Waals surface area (Å²) >= 11 is 6.10. The van der Waals surface area contributed by atoms with E-state index >= 15 is 0 Å². The number of benzene rings is 3. The number of Topliss-reactive ketones (excluding diaryl/α,β-unsaturated/α-hetero) is 1. The van der Waals surface area contributed by atoms with Crippen LogP contribution in [0.5, 0.6) is 5.75 Å². The van der Waals surface area contributed by atoms with Crippen LogP contribution in [-0.4, -0.2) is 23.9 Å². The maximum Gasteiger partial charge on any atom is 0.300 e. The van der Waals surface area contributed by atoms with Crippen molar-refractivity contribution in [1.29, 1.82) is 0 Å². The molecule has 1 fully saturated rings. The number of hydrogen-bond acceptors (Lipinski definition) is 4. The van der Waals surface area contributed by atoms with Gasteiger partial charge in [-0.2, -0.15) is 0 Å². The van der Waals surface area contributed by atoms with E-state index in [9.17, 15) is 14.7 Å². The molecule has 3 aromatic carbocycles.